The van der Waals surface area contributed by atoms with Gasteiger partial charge in [0.05, 0.1) is 6.04 Å². The Kier molecular flexibility index (Phi) is 2.32. The standard InChI is InChI=1S/C11H14N2/c1-2-10-8-11(13-12-10)9-6-4-3-5-7-9/h3-8,11-13H,2H2,1H3. The molecule has 1 atom stereocenters. The van der Waals surface area contributed by atoms with Gasteiger partial charge in [0.15, 0.2) is 0 Å². The Morgan fingerprint density at radius 1 is 1.23 bits per heavy atom. The summed E-state index contributed by atoms with van der Waals surface area (Å²) in [5, 5.41) is 0. The molecule has 0 spiro atoms. The highest BCUT2D eigenvalue weighted by molar-refractivity contribution is 5.26. The normalized spacial score (nSPS) is 21.0. The number of allylic oxidation sites excluding steroid dienone is 1. The molecule has 2 heteroatoms. The zero-order valence-electron chi connectivity index (χ0n) is 7.75. The molecular formula is C11H14N2. The molecule has 1 aliphatic rings. The van der Waals surface area contributed by atoms with Crippen molar-refractivity contribution in [1.29, 1.82) is 0 Å². The van der Waals surface area contributed by atoms with Crippen molar-refractivity contribution in [3.8, 4) is 0 Å². The van der Waals surface area contributed by atoms with E-state index in [0.29, 0.717) is 6.04 Å². The maximum Gasteiger partial charge on any atom is 0.0710 e. The molecule has 2 N–H and O–H groups in total. The third kappa shape index (κ3) is 1.73. The van der Waals surface area contributed by atoms with Crippen molar-refractivity contribution in [2.45, 2.75) is 19.4 Å². The highest BCUT2D eigenvalue weighted by atomic mass is 15.4. The smallest absolute Gasteiger partial charge is 0.0710 e. The predicted molar refractivity (Wildman–Crippen MR) is 53.8 cm³/mol. The number of rotatable bonds is 2. The van der Waals surface area contributed by atoms with Gasteiger partial charge in [0.1, 0.15) is 0 Å². The van der Waals surface area contributed by atoms with Crippen molar-refractivity contribution in [3.05, 3.63) is 47.7 Å². The summed E-state index contributed by atoms with van der Waals surface area (Å²) in [5.74, 6) is 0. The van der Waals surface area contributed by atoms with Crippen molar-refractivity contribution in [1.82, 2.24) is 10.9 Å². The lowest BCUT2D eigenvalue weighted by Crippen LogP contribution is -2.26. The van der Waals surface area contributed by atoms with Gasteiger partial charge in [-0.25, -0.2) is 5.43 Å². The summed E-state index contributed by atoms with van der Waals surface area (Å²) >= 11 is 0. The molecule has 0 radical (unpaired) electrons. The zero-order valence-corrected chi connectivity index (χ0v) is 7.75. The minimum Gasteiger partial charge on any atom is -0.325 e. The second-order valence-corrected chi connectivity index (χ2v) is 3.20. The molecule has 0 amide bonds. The highest BCUT2D eigenvalue weighted by Crippen LogP contribution is 2.19. The number of nitrogens with one attached hydrogen (secondary N) is 2. The summed E-state index contributed by atoms with van der Waals surface area (Å²) in [7, 11) is 0. The largest absolute Gasteiger partial charge is 0.325 e. The molecule has 68 valence electrons. The second-order valence-electron chi connectivity index (χ2n) is 3.20. The Labute approximate surface area is 78.6 Å². The molecule has 1 heterocycles. The van der Waals surface area contributed by atoms with Gasteiger partial charge in [-0.1, -0.05) is 37.3 Å². The highest BCUT2D eigenvalue weighted by Gasteiger charge is 2.13. The van der Waals surface area contributed by atoms with Crippen LogP contribution in [0.25, 0.3) is 0 Å². The van der Waals surface area contributed by atoms with Gasteiger partial charge in [-0.05, 0) is 18.1 Å². The van der Waals surface area contributed by atoms with Crippen molar-refractivity contribution in [3.63, 3.8) is 0 Å². The average Bonchev–Trinajstić information content (AvgIpc) is 2.67. The van der Waals surface area contributed by atoms with Crippen LogP contribution in [0.1, 0.15) is 24.9 Å². The van der Waals surface area contributed by atoms with E-state index in [2.05, 4.69) is 48.1 Å². The quantitative estimate of drug-likeness (QED) is 0.717. The minimum absolute atomic E-state index is 0.330. The van der Waals surface area contributed by atoms with Crippen LogP contribution in [0, 0.1) is 0 Å². The number of benzene rings is 1. The average molecular weight is 174 g/mol. The van der Waals surface area contributed by atoms with Crippen molar-refractivity contribution in [2.24, 2.45) is 0 Å². The van der Waals surface area contributed by atoms with Crippen LogP contribution in [0.5, 0.6) is 0 Å². The lowest BCUT2D eigenvalue weighted by atomic mass is 10.1. The molecule has 0 aliphatic carbocycles. The third-order valence-electron chi connectivity index (χ3n) is 2.30. The first-order valence-corrected chi connectivity index (χ1v) is 4.67. The first-order valence-electron chi connectivity index (χ1n) is 4.67. The van der Waals surface area contributed by atoms with E-state index in [9.17, 15) is 0 Å². The van der Waals surface area contributed by atoms with Crippen LogP contribution in [0.4, 0.5) is 0 Å². The first-order chi connectivity index (χ1) is 6.40. The van der Waals surface area contributed by atoms with E-state index in [0.717, 1.165) is 6.42 Å². The van der Waals surface area contributed by atoms with E-state index in [1.807, 2.05) is 6.07 Å². The van der Waals surface area contributed by atoms with E-state index >= 15 is 0 Å². The van der Waals surface area contributed by atoms with Gasteiger partial charge in [-0.3, -0.25) is 0 Å². The van der Waals surface area contributed by atoms with Crippen molar-refractivity contribution >= 4 is 0 Å². The molecule has 13 heavy (non-hydrogen) atoms. The van der Waals surface area contributed by atoms with Gasteiger partial charge in [0.25, 0.3) is 0 Å². The summed E-state index contributed by atoms with van der Waals surface area (Å²) in [6.07, 6.45) is 3.28. The monoisotopic (exact) mass is 174 g/mol. The maximum atomic E-state index is 3.23. The lowest BCUT2D eigenvalue weighted by molar-refractivity contribution is 0.590. The third-order valence-corrected chi connectivity index (χ3v) is 2.30. The predicted octanol–water partition coefficient (Wildman–Crippen LogP) is 2.13. The molecule has 2 nitrogen and oxygen atoms in total. The van der Waals surface area contributed by atoms with Crippen LogP contribution in [0.3, 0.4) is 0 Å². The SMILES string of the molecule is CCC1=CC(c2ccccc2)NN1. The zero-order chi connectivity index (χ0) is 9.10. The number of hydrogen-bond donors (Lipinski definition) is 2. The summed E-state index contributed by atoms with van der Waals surface area (Å²) in [4.78, 5) is 0. The fourth-order valence-corrected chi connectivity index (χ4v) is 1.50. The summed E-state index contributed by atoms with van der Waals surface area (Å²) in [6, 6.07) is 10.8. The minimum atomic E-state index is 0.330. The van der Waals surface area contributed by atoms with Gasteiger partial charge < -0.3 is 5.43 Å². The maximum absolute atomic E-state index is 3.23. The molecule has 0 saturated carbocycles. The molecule has 1 unspecified atom stereocenters. The second kappa shape index (κ2) is 3.62. The lowest BCUT2D eigenvalue weighted by Gasteiger charge is -2.08. The Bertz CT molecular complexity index is 303. The fourth-order valence-electron chi connectivity index (χ4n) is 1.50. The number of hydrazine groups is 1. The van der Waals surface area contributed by atoms with Crippen LogP contribution < -0.4 is 10.9 Å². The molecule has 1 aromatic carbocycles. The van der Waals surface area contributed by atoms with Crippen LogP contribution in [-0.4, -0.2) is 0 Å². The van der Waals surface area contributed by atoms with Gasteiger partial charge in [0.2, 0.25) is 0 Å². The van der Waals surface area contributed by atoms with E-state index < -0.39 is 0 Å². The van der Waals surface area contributed by atoms with Crippen molar-refractivity contribution in [2.75, 3.05) is 0 Å². The molecule has 0 saturated heterocycles. The van der Waals surface area contributed by atoms with E-state index in [1.54, 1.807) is 0 Å². The molecule has 0 bridgehead atoms. The van der Waals surface area contributed by atoms with E-state index in [-0.39, 0.29) is 0 Å². The molecular weight excluding hydrogens is 160 g/mol. The molecule has 1 aromatic rings. The summed E-state index contributed by atoms with van der Waals surface area (Å²) < 4.78 is 0. The van der Waals surface area contributed by atoms with Gasteiger partial charge >= 0.3 is 0 Å². The Hall–Kier alpha value is -1.28. The fraction of sp³-hybridized carbons (Fsp3) is 0.273. The topological polar surface area (TPSA) is 24.1 Å². The van der Waals surface area contributed by atoms with Crippen LogP contribution in [0.15, 0.2) is 42.1 Å². The molecule has 0 aromatic heterocycles. The summed E-state index contributed by atoms with van der Waals surface area (Å²) in [6.45, 7) is 2.15. The molecule has 1 aliphatic heterocycles. The Morgan fingerprint density at radius 3 is 2.62 bits per heavy atom. The van der Waals surface area contributed by atoms with Gasteiger partial charge in [-0.15, -0.1) is 0 Å². The van der Waals surface area contributed by atoms with Crippen LogP contribution >= 0.6 is 0 Å². The van der Waals surface area contributed by atoms with E-state index in [1.165, 1.54) is 11.3 Å². The Balaban J connectivity index is 2.16. The Morgan fingerprint density at radius 2 is 2.00 bits per heavy atom. The number of hydrogen-bond acceptors (Lipinski definition) is 2. The molecule has 0 fully saturated rings. The van der Waals surface area contributed by atoms with Crippen molar-refractivity contribution < 1.29 is 0 Å². The molecule has 2 rings (SSSR count). The van der Waals surface area contributed by atoms with Crippen LogP contribution in [-0.2, 0) is 0 Å². The van der Waals surface area contributed by atoms with E-state index in [4.69, 9.17) is 0 Å². The van der Waals surface area contributed by atoms with Gasteiger partial charge in [0, 0.05) is 5.70 Å². The van der Waals surface area contributed by atoms with Gasteiger partial charge in [-0.2, -0.15) is 0 Å². The summed E-state index contributed by atoms with van der Waals surface area (Å²) in [5.41, 5.74) is 8.97. The first kappa shape index (κ1) is 8.32. The van der Waals surface area contributed by atoms with Crippen LogP contribution in [0.2, 0.25) is 0 Å².